The average molecular weight is 333 g/mol. The topological polar surface area (TPSA) is 59.2 Å². The van der Waals surface area contributed by atoms with E-state index in [-0.39, 0.29) is 0 Å². The number of nitrogens with one attached hydrogen (secondary N) is 2. The van der Waals surface area contributed by atoms with Gasteiger partial charge in [0.2, 0.25) is 0 Å². The highest BCUT2D eigenvalue weighted by atomic mass is 16.5. The Labute approximate surface area is 145 Å². The van der Waals surface area contributed by atoms with Crippen LogP contribution in [0.15, 0.2) is 54.7 Å². The van der Waals surface area contributed by atoms with E-state index in [0.717, 1.165) is 39.3 Å². The quantitative estimate of drug-likeness (QED) is 0.570. The van der Waals surface area contributed by atoms with Crippen LogP contribution in [0, 0.1) is 0 Å². The van der Waals surface area contributed by atoms with Crippen molar-refractivity contribution in [1.82, 2.24) is 9.97 Å². The van der Waals surface area contributed by atoms with Gasteiger partial charge in [-0.25, -0.2) is 4.98 Å². The first-order valence-electron chi connectivity index (χ1n) is 8.10. The van der Waals surface area contributed by atoms with Crippen molar-refractivity contribution in [2.45, 2.75) is 6.54 Å². The number of nitrogens with zero attached hydrogens (tertiary/aromatic N) is 1. The second-order valence-electron chi connectivity index (χ2n) is 5.78. The molecule has 0 atom stereocenters. The maximum Gasteiger partial charge on any atom is 0.127 e. The Morgan fingerprint density at radius 2 is 1.68 bits per heavy atom. The summed E-state index contributed by atoms with van der Waals surface area (Å²) >= 11 is 0. The molecule has 5 nitrogen and oxygen atoms in total. The van der Waals surface area contributed by atoms with Gasteiger partial charge < -0.3 is 19.8 Å². The molecule has 0 saturated heterocycles. The molecule has 2 N–H and O–H groups in total. The third-order valence-corrected chi connectivity index (χ3v) is 4.37. The van der Waals surface area contributed by atoms with Gasteiger partial charge in [0.15, 0.2) is 0 Å². The van der Waals surface area contributed by atoms with Crippen molar-refractivity contribution < 1.29 is 9.47 Å². The minimum Gasteiger partial charge on any atom is -0.496 e. The maximum absolute atomic E-state index is 5.45. The fourth-order valence-electron chi connectivity index (χ4n) is 3.13. The van der Waals surface area contributed by atoms with E-state index in [4.69, 9.17) is 9.47 Å². The van der Waals surface area contributed by atoms with E-state index in [2.05, 4.69) is 33.5 Å². The molecule has 0 unspecified atom stereocenters. The predicted octanol–water partition coefficient (Wildman–Crippen LogP) is 4.35. The average Bonchev–Trinajstić information content (AvgIpc) is 3.04. The highest BCUT2D eigenvalue weighted by Crippen LogP contribution is 2.30. The highest BCUT2D eigenvalue weighted by molar-refractivity contribution is 6.07. The lowest BCUT2D eigenvalue weighted by Gasteiger charge is -2.14. The van der Waals surface area contributed by atoms with E-state index < -0.39 is 0 Å². The number of aromatic nitrogens is 2. The van der Waals surface area contributed by atoms with E-state index in [0.29, 0.717) is 6.54 Å². The number of fused-ring (bicyclic) bond motifs is 3. The SMILES string of the molecule is COc1cccc(OC)c1CNc1cc2c(cn1)[nH]c1ccccc12. The van der Waals surface area contributed by atoms with E-state index in [1.54, 1.807) is 14.2 Å². The molecule has 0 saturated carbocycles. The van der Waals surface area contributed by atoms with Crippen molar-refractivity contribution in [2.75, 3.05) is 19.5 Å². The second-order valence-corrected chi connectivity index (χ2v) is 5.78. The Balaban J connectivity index is 1.67. The molecule has 0 amide bonds. The number of rotatable bonds is 5. The van der Waals surface area contributed by atoms with Crippen molar-refractivity contribution >= 4 is 27.6 Å². The molecule has 0 aliphatic rings. The summed E-state index contributed by atoms with van der Waals surface area (Å²) in [6, 6.07) is 16.1. The van der Waals surface area contributed by atoms with Gasteiger partial charge in [-0.05, 0) is 24.3 Å². The Bertz CT molecular complexity index is 1020. The molecule has 0 fully saturated rings. The van der Waals surface area contributed by atoms with Gasteiger partial charge in [0.05, 0.1) is 31.5 Å². The van der Waals surface area contributed by atoms with Crippen LogP contribution < -0.4 is 14.8 Å². The molecule has 0 spiro atoms. The van der Waals surface area contributed by atoms with E-state index in [1.165, 1.54) is 5.39 Å². The molecule has 2 aromatic carbocycles. The van der Waals surface area contributed by atoms with Gasteiger partial charge >= 0.3 is 0 Å². The second kappa shape index (κ2) is 6.36. The van der Waals surface area contributed by atoms with Crippen molar-refractivity contribution in [3.63, 3.8) is 0 Å². The van der Waals surface area contributed by atoms with Crippen LogP contribution in [0.1, 0.15) is 5.56 Å². The Kier molecular flexibility index (Phi) is 3.90. The summed E-state index contributed by atoms with van der Waals surface area (Å²) in [4.78, 5) is 7.89. The van der Waals surface area contributed by atoms with Crippen LogP contribution in [0.25, 0.3) is 21.8 Å². The molecular formula is C20H19N3O2. The van der Waals surface area contributed by atoms with Gasteiger partial charge in [0.1, 0.15) is 17.3 Å². The molecule has 0 radical (unpaired) electrons. The molecule has 2 aromatic heterocycles. The van der Waals surface area contributed by atoms with Crippen LogP contribution in [0.4, 0.5) is 5.82 Å². The molecule has 0 aliphatic heterocycles. The normalized spacial score (nSPS) is 11.0. The lowest BCUT2D eigenvalue weighted by Crippen LogP contribution is -2.05. The molecule has 0 aliphatic carbocycles. The van der Waals surface area contributed by atoms with Gasteiger partial charge in [-0.2, -0.15) is 0 Å². The number of ether oxygens (including phenoxy) is 2. The first kappa shape index (κ1) is 15.3. The van der Waals surface area contributed by atoms with Gasteiger partial charge in [0, 0.05) is 22.8 Å². The van der Waals surface area contributed by atoms with Crippen molar-refractivity contribution in [2.24, 2.45) is 0 Å². The first-order chi connectivity index (χ1) is 12.3. The summed E-state index contributed by atoms with van der Waals surface area (Å²) in [6.07, 6.45) is 1.86. The molecular weight excluding hydrogens is 314 g/mol. The minimum absolute atomic E-state index is 0.564. The molecule has 4 aromatic rings. The van der Waals surface area contributed by atoms with E-state index >= 15 is 0 Å². The maximum atomic E-state index is 5.45. The number of H-pyrrole nitrogens is 1. The minimum atomic E-state index is 0.564. The number of hydrogen-bond acceptors (Lipinski definition) is 4. The number of aromatic amines is 1. The molecule has 126 valence electrons. The summed E-state index contributed by atoms with van der Waals surface area (Å²) in [5.74, 6) is 2.39. The third-order valence-electron chi connectivity index (χ3n) is 4.37. The summed E-state index contributed by atoms with van der Waals surface area (Å²) in [7, 11) is 3.32. The molecule has 5 heteroatoms. The smallest absolute Gasteiger partial charge is 0.127 e. The first-order valence-corrected chi connectivity index (χ1v) is 8.10. The molecule has 25 heavy (non-hydrogen) atoms. The molecule has 4 rings (SSSR count). The summed E-state index contributed by atoms with van der Waals surface area (Å²) in [5.41, 5.74) is 3.11. The zero-order valence-electron chi connectivity index (χ0n) is 14.2. The number of pyridine rings is 1. The van der Waals surface area contributed by atoms with Crippen LogP contribution in [-0.4, -0.2) is 24.2 Å². The lowest BCUT2D eigenvalue weighted by molar-refractivity contribution is 0.386. The van der Waals surface area contributed by atoms with Crippen LogP contribution in [-0.2, 0) is 6.54 Å². The van der Waals surface area contributed by atoms with Gasteiger partial charge in [-0.3, -0.25) is 0 Å². The largest absolute Gasteiger partial charge is 0.496 e. The van der Waals surface area contributed by atoms with Gasteiger partial charge in [-0.1, -0.05) is 24.3 Å². The number of anilines is 1. The lowest BCUT2D eigenvalue weighted by atomic mass is 10.1. The summed E-state index contributed by atoms with van der Waals surface area (Å²) in [6.45, 7) is 0.564. The Morgan fingerprint density at radius 1 is 0.920 bits per heavy atom. The number of para-hydroxylation sites is 1. The standard InChI is InChI=1S/C20H19N3O2/c1-24-18-8-5-9-19(25-2)15(18)11-21-20-10-14-13-6-3-4-7-16(13)23-17(14)12-22-20/h3-10,12,23H,11H2,1-2H3,(H,21,22). The van der Waals surface area contributed by atoms with Crippen LogP contribution in [0.5, 0.6) is 11.5 Å². The van der Waals surface area contributed by atoms with Crippen LogP contribution in [0.3, 0.4) is 0 Å². The highest BCUT2D eigenvalue weighted by Gasteiger charge is 2.10. The Hall–Kier alpha value is -3.21. The molecule has 0 bridgehead atoms. The van der Waals surface area contributed by atoms with Gasteiger partial charge in [0.25, 0.3) is 0 Å². The molecule has 2 heterocycles. The van der Waals surface area contributed by atoms with Crippen LogP contribution >= 0.6 is 0 Å². The summed E-state index contributed by atoms with van der Waals surface area (Å²) < 4.78 is 10.9. The third kappa shape index (κ3) is 2.74. The van der Waals surface area contributed by atoms with Crippen molar-refractivity contribution in [3.8, 4) is 11.5 Å². The van der Waals surface area contributed by atoms with Crippen molar-refractivity contribution in [3.05, 3.63) is 60.3 Å². The summed E-state index contributed by atoms with van der Waals surface area (Å²) in [5, 5.41) is 5.72. The number of hydrogen-bond donors (Lipinski definition) is 2. The zero-order chi connectivity index (χ0) is 17.2. The fraction of sp³-hybridized carbons (Fsp3) is 0.150. The zero-order valence-corrected chi connectivity index (χ0v) is 14.2. The van der Waals surface area contributed by atoms with E-state index in [9.17, 15) is 0 Å². The van der Waals surface area contributed by atoms with Gasteiger partial charge in [-0.15, -0.1) is 0 Å². The van der Waals surface area contributed by atoms with E-state index in [1.807, 2.05) is 36.5 Å². The number of methoxy groups -OCH3 is 2. The van der Waals surface area contributed by atoms with Crippen LogP contribution in [0.2, 0.25) is 0 Å². The Morgan fingerprint density at radius 3 is 2.44 bits per heavy atom. The van der Waals surface area contributed by atoms with Crippen molar-refractivity contribution in [1.29, 1.82) is 0 Å². The fourth-order valence-corrected chi connectivity index (χ4v) is 3.13. The predicted molar refractivity (Wildman–Crippen MR) is 100 cm³/mol. The monoisotopic (exact) mass is 333 g/mol. The number of benzene rings is 2.